The van der Waals surface area contributed by atoms with Crippen LogP contribution in [0.25, 0.3) is 0 Å². The zero-order valence-corrected chi connectivity index (χ0v) is 12.5. The molecule has 0 aliphatic heterocycles. The van der Waals surface area contributed by atoms with Crippen molar-refractivity contribution in [3.8, 4) is 0 Å². The maximum atomic E-state index is 12.5. The van der Waals surface area contributed by atoms with Crippen LogP contribution in [0.1, 0.15) is 46.0 Å². The van der Waals surface area contributed by atoms with E-state index in [9.17, 15) is 4.79 Å². The van der Waals surface area contributed by atoms with Crippen molar-refractivity contribution in [2.24, 2.45) is 35.3 Å². The first kappa shape index (κ1) is 13.4. The third kappa shape index (κ3) is 2.20. The Kier molecular flexibility index (Phi) is 3.36. The van der Waals surface area contributed by atoms with Crippen LogP contribution >= 0.6 is 0 Å². The first-order chi connectivity index (χ1) is 8.97. The predicted molar refractivity (Wildman–Crippen MR) is 76.4 cm³/mol. The lowest BCUT2D eigenvalue weighted by molar-refractivity contribution is -0.139. The van der Waals surface area contributed by atoms with E-state index in [1.165, 1.54) is 32.1 Å². The second-order valence-electron chi connectivity index (χ2n) is 7.58. The molecular formula is C16H28N2O. The second kappa shape index (κ2) is 4.76. The Morgan fingerprint density at radius 2 is 1.53 bits per heavy atom. The molecule has 3 nitrogen and oxygen atoms in total. The Morgan fingerprint density at radius 3 is 1.95 bits per heavy atom. The zero-order chi connectivity index (χ0) is 13.7. The van der Waals surface area contributed by atoms with E-state index in [4.69, 9.17) is 5.73 Å². The number of amides is 1. The van der Waals surface area contributed by atoms with Crippen molar-refractivity contribution in [2.75, 3.05) is 7.05 Å². The van der Waals surface area contributed by atoms with Gasteiger partial charge < -0.3 is 10.6 Å². The summed E-state index contributed by atoms with van der Waals surface area (Å²) in [5.41, 5.74) is 6.39. The van der Waals surface area contributed by atoms with Crippen LogP contribution in [-0.2, 0) is 4.79 Å². The van der Waals surface area contributed by atoms with Crippen molar-refractivity contribution in [3.05, 3.63) is 0 Å². The van der Waals surface area contributed by atoms with E-state index in [0.717, 1.165) is 23.7 Å². The van der Waals surface area contributed by atoms with Gasteiger partial charge in [0.15, 0.2) is 0 Å². The van der Waals surface area contributed by atoms with Crippen molar-refractivity contribution in [1.29, 1.82) is 0 Å². The Bertz CT molecular complexity index is 338. The van der Waals surface area contributed by atoms with Gasteiger partial charge in [-0.1, -0.05) is 0 Å². The van der Waals surface area contributed by atoms with Crippen molar-refractivity contribution >= 4 is 5.91 Å². The summed E-state index contributed by atoms with van der Waals surface area (Å²) in [6.07, 6.45) is 6.80. The average molecular weight is 264 g/mol. The van der Waals surface area contributed by atoms with Gasteiger partial charge in [-0.3, -0.25) is 4.79 Å². The highest BCUT2D eigenvalue weighted by atomic mass is 16.2. The lowest BCUT2D eigenvalue weighted by Crippen LogP contribution is -2.57. The van der Waals surface area contributed by atoms with Crippen molar-refractivity contribution in [2.45, 2.75) is 58.0 Å². The minimum Gasteiger partial charge on any atom is -0.342 e. The zero-order valence-electron chi connectivity index (χ0n) is 12.5. The molecule has 4 bridgehead atoms. The number of hydrogen-bond acceptors (Lipinski definition) is 2. The smallest absolute Gasteiger partial charge is 0.239 e. The van der Waals surface area contributed by atoms with Crippen LogP contribution in [0.15, 0.2) is 0 Å². The van der Waals surface area contributed by atoms with Gasteiger partial charge in [0.05, 0.1) is 6.04 Å². The fraction of sp³-hybridized carbons (Fsp3) is 0.938. The number of rotatable bonds is 3. The van der Waals surface area contributed by atoms with Gasteiger partial charge in [0, 0.05) is 13.1 Å². The molecular weight excluding hydrogens is 236 g/mol. The van der Waals surface area contributed by atoms with Gasteiger partial charge in [0.2, 0.25) is 5.91 Å². The Morgan fingerprint density at radius 1 is 1.05 bits per heavy atom. The number of likely N-dealkylation sites (N-methyl/N-ethyl adjacent to an activating group) is 1. The summed E-state index contributed by atoms with van der Waals surface area (Å²) >= 11 is 0. The van der Waals surface area contributed by atoms with Crippen LogP contribution < -0.4 is 5.73 Å². The summed E-state index contributed by atoms with van der Waals surface area (Å²) in [6, 6.07) is -0.0159. The highest BCUT2D eigenvalue weighted by Gasteiger charge is 2.51. The summed E-state index contributed by atoms with van der Waals surface area (Å²) < 4.78 is 0. The molecule has 4 aliphatic rings. The fourth-order valence-electron chi connectivity index (χ4n) is 5.21. The molecule has 4 saturated carbocycles. The third-order valence-corrected chi connectivity index (χ3v) is 6.12. The van der Waals surface area contributed by atoms with Crippen molar-refractivity contribution in [3.63, 3.8) is 0 Å². The molecule has 1 amide bonds. The minimum atomic E-state index is -0.262. The molecule has 1 atom stereocenters. The van der Waals surface area contributed by atoms with Crippen LogP contribution in [0.5, 0.6) is 0 Å². The van der Waals surface area contributed by atoms with E-state index in [-0.39, 0.29) is 18.0 Å². The Labute approximate surface area is 116 Å². The fourth-order valence-corrected chi connectivity index (χ4v) is 5.21. The Hall–Kier alpha value is -0.570. The van der Waals surface area contributed by atoms with Gasteiger partial charge in [0.1, 0.15) is 0 Å². The maximum absolute atomic E-state index is 12.5. The molecule has 2 N–H and O–H groups in total. The van der Waals surface area contributed by atoms with Crippen molar-refractivity contribution < 1.29 is 4.79 Å². The standard InChI is InChI=1S/C16H28N2O/c1-9(2)18(3)16(19)15(17)14-12-5-10-4-11(7-12)8-13(14)6-10/h9-15H,4-8,17H2,1-3H3. The summed E-state index contributed by atoms with van der Waals surface area (Å²) in [6.45, 7) is 4.11. The quantitative estimate of drug-likeness (QED) is 0.850. The molecule has 0 aromatic heterocycles. The van der Waals surface area contributed by atoms with Gasteiger partial charge >= 0.3 is 0 Å². The minimum absolute atomic E-state index is 0.160. The van der Waals surface area contributed by atoms with E-state index in [1.807, 2.05) is 11.9 Å². The topological polar surface area (TPSA) is 46.3 Å². The maximum Gasteiger partial charge on any atom is 0.239 e. The average Bonchev–Trinajstić information content (AvgIpc) is 2.35. The molecule has 19 heavy (non-hydrogen) atoms. The number of carbonyl (C=O) groups is 1. The molecule has 0 spiro atoms. The van der Waals surface area contributed by atoms with E-state index < -0.39 is 0 Å². The van der Waals surface area contributed by atoms with Gasteiger partial charge in [-0.2, -0.15) is 0 Å². The summed E-state index contributed by atoms with van der Waals surface area (Å²) in [4.78, 5) is 14.3. The SMILES string of the molecule is CC(C)N(C)C(=O)C(N)C1C2CC3CC(C2)CC1C3. The van der Waals surface area contributed by atoms with Crippen LogP contribution in [0.3, 0.4) is 0 Å². The largest absolute Gasteiger partial charge is 0.342 e. The molecule has 4 aliphatic carbocycles. The highest BCUT2D eigenvalue weighted by molar-refractivity contribution is 5.82. The number of carbonyl (C=O) groups excluding carboxylic acids is 1. The molecule has 0 aromatic carbocycles. The molecule has 0 saturated heterocycles. The first-order valence-corrected chi connectivity index (χ1v) is 7.99. The van der Waals surface area contributed by atoms with Gasteiger partial charge in [-0.15, -0.1) is 0 Å². The third-order valence-electron chi connectivity index (χ3n) is 6.12. The summed E-state index contributed by atoms with van der Waals surface area (Å²) in [5.74, 6) is 3.98. The van der Waals surface area contributed by atoms with Crippen LogP contribution in [-0.4, -0.2) is 29.9 Å². The normalized spacial score (nSPS) is 41.6. The summed E-state index contributed by atoms with van der Waals surface area (Å²) in [5, 5.41) is 0. The molecule has 4 rings (SSSR count). The van der Waals surface area contributed by atoms with E-state index in [0.29, 0.717) is 5.92 Å². The van der Waals surface area contributed by atoms with Gasteiger partial charge in [-0.05, 0) is 75.5 Å². The highest BCUT2D eigenvalue weighted by Crippen LogP contribution is 2.57. The lowest BCUT2D eigenvalue weighted by atomic mass is 9.50. The number of nitrogens with zero attached hydrogens (tertiary/aromatic N) is 1. The van der Waals surface area contributed by atoms with Gasteiger partial charge in [0.25, 0.3) is 0 Å². The molecule has 108 valence electrons. The molecule has 4 fully saturated rings. The molecule has 0 radical (unpaired) electrons. The molecule has 0 aromatic rings. The van der Waals surface area contributed by atoms with E-state index >= 15 is 0 Å². The second-order valence-corrected chi connectivity index (χ2v) is 7.58. The summed E-state index contributed by atoms with van der Waals surface area (Å²) in [7, 11) is 1.89. The van der Waals surface area contributed by atoms with Crippen molar-refractivity contribution in [1.82, 2.24) is 4.90 Å². The molecule has 0 heterocycles. The van der Waals surface area contributed by atoms with Gasteiger partial charge in [-0.25, -0.2) is 0 Å². The molecule has 3 heteroatoms. The lowest BCUT2D eigenvalue weighted by Gasteiger charge is -2.55. The first-order valence-electron chi connectivity index (χ1n) is 7.99. The van der Waals surface area contributed by atoms with Crippen LogP contribution in [0.2, 0.25) is 0 Å². The Balaban J connectivity index is 1.73. The monoisotopic (exact) mass is 264 g/mol. The van der Waals surface area contributed by atoms with E-state index in [2.05, 4.69) is 13.8 Å². The van der Waals surface area contributed by atoms with Crippen LogP contribution in [0.4, 0.5) is 0 Å². The predicted octanol–water partition coefficient (Wildman–Crippen LogP) is 2.25. The van der Waals surface area contributed by atoms with Crippen LogP contribution in [0, 0.1) is 29.6 Å². The molecule has 1 unspecified atom stereocenters. The number of hydrogen-bond donors (Lipinski definition) is 1. The van der Waals surface area contributed by atoms with E-state index in [1.54, 1.807) is 0 Å². The number of nitrogens with two attached hydrogens (primary N) is 1.